The Bertz CT molecular complexity index is 580. The van der Waals surface area contributed by atoms with Gasteiger partial charge in [-0.2, -0.15) is 0 Å². The Kier molecular flexibility index (Phi) is 3.72. The van der Waals surface area contributed by atoms with Crippen LogP contribution < -0.4 is 5.32 Å². The molecule has 0 aliphatic carbocycles. The number of nitrogens with one attached hydrogen (secondary N) is 1. The summed E-state index contributed by atoms with van der Waals surface area (Å²) in [5.41, 5.74) is 1.78. The van der Waals surface area contributed by atoms with Gasteiger partial charge in [-0.25, -0.2) is 9.37 Å². The number of hydrogen-bond acceptors (Lipinski definition) is 3. The molecule has 0 unspecified atom stereocenters. The zero-order chi connectivity index (χ0) is 13.1. The topological polar surface area (TPSA) is 42.0 Å². The number of halogens is 1. The smallest absolute Gasteiger partial charge is 0.254 e. The molecule has 0 spiro atoms. The van der Waals surface area contributed by atoms with Gasteiger partial charge in [-0.3, -0.25) is 4.79 Å². The molecule has 94 valence electrons. The van der Waals surface area contributed by atoms with Crippen molar-refractivity contribution in [1.29, 1.82) is 0 Å². The summed E-state index contributed by atoms with van der Waals surface area (Å²) < 4.78 is 13.6. The van der Waals surface area contributed by atoms with Crippen molar-refractivity contribution in [2.24, 2.45) is 0 Å². The van der Waals surface area contributed by atoms with Gasteiger partial charge in [0, 0.05) is 11.1 Å². The summed E-state index contributed by atoms with van der Waals surface area (Å²) >= 11 is 1.47. The van der Waals surface area contributed by atoms with Crippen molar-refractivity contribution < 1.29 is 9.18 Å². The standard InChI is InChI=1S/C13H13FN2OS/c1-8-3-4-10(11(14)5-8)13(17)15-6-12-16-9(2)7-18-12/h3-5,7H,6H2,1-2H3,(H,15,17). The molecule has 1 amide bonds. The average Bonchev–Trinajstić information content (AvgIpc) is 2.72. The largest absolute Gasteiger partial charge is 0.345 e. The van der Waals surface area contributed by atoms with E-state index in [1.165, 1.54) is 23.5 Å². The van der Waals surface area contributed by atoms with Crippen LogP contribution in [-0.4, -0.2) is 10.9 Å². The van der Waals surface area contributed by atoms with Gasteiger partial charge in [0.25, 0.3) is 5.91 Å². The molecular formula is C13H13FN2OS. The van der Waals surface area contributed by atoms with E-state index in [9.17, 15) is 9.18 Å². The normalized spacial score (nSPS) is 10.4. The van der Waals surface area contributed by atoms with Gasteiger partial charge in [-0.05, 0) is 31.5 Å². The lowest BCUT2D eigenvalue weighted by Gasteiger charge is -2.05. The fourth-order valence-electron chi connectivity index (χ4n) is 1.54. The Morgan fingerprint density at radius 2 is 2.22 bits per heavy atom. The van der Waals surface area contributed by atoms with E-state index < -0.39 is 11.7 Å². The highest BCUT2D eigenvalue weighted by atomic mass is 32.1. The monoisotopic (exact) mass is 264 g/mol. The summed E-state index contributed by atoms with van der Waals surface area (Å²) in [5.74, 6) is -0.914. The molecule has 2 rings (SSSR count). The van der Waals surface area contributed by atoms with Crippen molar-refractivity contribution >= 4 is 17.2 Å². The molecule has 0 saturated carbocycles. The van der Waals surface area contributed by atoms with Gasteiger partial charge in [0.15, 0.2) is 0 Å². The predicted molar refractivity (Wildman–Crippen MR) is 69.2 cm³/mol. The van der Waals surface area contributed by atoms with Crippen LogP contribution in [-0.2, 0) is 6.54 Å². The number of rotatable bonds is 3. The molecule has 0 bridgehead atoms. The molecular weight excluding hydrogens is 251 g/mol. The van der Waals surface area contributed by atoms with E-state index in [-0.39, 0.29) is 5.56 Å². The molecule has 5 heteroatoms. The second kappa shape index (κ2) is 5.27. The Balaban J connectivity index is 2.03. The van der Waals surface area contributed by atoms with Crippen molar-refractivity contribution in [3.63, 3.8) is 0 Å². The lowest BCUT2D eigenvalue weighted by atomic mass is 10.1. The second-order valence-electron chi connectivity index (χ2n) is 4.05. The summed E-state index contributed by atoms with van der Waals surface area (Å²) in [6.45, 7) is 4.00. The first-order valence-electron chi connectivity index (χ1n) is 5.51. The summed E-state index contributed by atoms with van der Waals surface area (Å²) in [7, 11) is 0. The molecule has 18 heavy (non-hydrogen) atoms. The van der Waals surface area contributed by atoms with Crippen LogP contribution in [0.3, 0.4) is 0 Å². The van der Waals surface area contributed by atoms with E-state index in [0.717, 1.165) is 16.3 Å². The van der Waals surface area contributed by atoms with Crippen LogP contribution >= 0.6 is 11.3 Å². The maximum absolute atomic E-state index is 13.6. The molecule has 1 heterocycles. The van der Waals surface area contributed by atoms with Gasteiger partial charge in [-0.1, -0.05) is 6.07 Å². The molecule has 1 aromatic heterocycles. The Hall–Kier alpha value is -1.75. The highest BCUT2D eigenvalue weighted by molar-refractivity contribution is 7.09. The maximum Gasteiger partial charge on any atom is 0.254 e. The number of hydrogen-bond donors (Lipinski definition) is 1. The van der Waals surface area contributed by atoms with E-state index >= 15 is 0 Å². The van der Waals surface area contributed by atoms with Crippen LogP contribution in [0, 0.1) is 19.7 Å². The summed E-state index contributed by atoms with van der Waals surface area (Å²) in [5, 5.41) is 5.38. The Morgan fingerprint density at radius 1 is 1.44 bits per heavy atom. The second-order valence-corrected chi connectivity index (χ2v) is 4.99. The van der Waals surface area contributed by atoms with E-state index in [4.69, 9.17) is 0 Å². The van der Waals surface area contributed by atoms with E-state index in [1.54, 1.807) is 13.0 Å². The van der Waals surface area contributed by atoms with Crippen molar-refractivity contribution in [1.82, 2.24) is 10.3 Å². The zero-order valence-electron chi connectivity index (χ0n) is 10.2. The van der Waals surface area contributed by atoms with Crippen molar-refractivity contribution in [3.05, 3.63) is 51.2 Å². The number of nitrogens with zero attached hydrogens (tertiary/aromatic N) is 1. The molecule has 2 aromatic rings. The predicted octanol–water partition coefficient (Wildman–Crippen LogP) is 2.83. The quantitative estimate of drug-likeness (QED) is 0.926. The third kappa shape index (κ3) is 2.92. The van der Waals surface area contributed by atoms with Crippen LogP contribution in [0.15, 0.2) is 23.6 Å². The molecule has 1 aromatic carbocycles. The number of benzene rings is 1. The first kappa shape index (κ1) is 12.7. The highest BCUT2D eigenvalue weighted by Gasteiger charge is 2.11. The average molecular weight is 264 g/mol. The molecule has 0 saturated heterocycles. The molecule has 0 aliphatic rings. The molecule has 1 N–H and O–H groups in total. The fraction of sp³-hybridized carbons (Fsp3) is 0.231. The van der Waals surface area contributed by atoms with Crippen LogP contribution in [0.1, 0.15) is 26.6 Å². The lowest BCUT2D eigenvalue weighted by Crippen LogP contribution is -2.23. The minimum atomic E-state index is -0.497. The summed E-state index contributed by atoms with van der Waals surface area (Å²) in [4.78, 5) is 16.0. The van der Waals surface area contributed by atoms with Gasteiger partial charge in [0.1, 0.15) is 10.8 Å². The molecule has 0 atom stereocenters. The lowest BCUT2D eigenvalue weighted by molar-refractivity contribution is 0.0947. The van der Waals surface area contributed by atoms with E-state index in [2.05, 4.69) is 10.3 Å². The SMILES string of the molecule is Cc1ccc(C(=O)NCc2nc(C)cs2)c(F)c1. The molecule has 3 nitrogen and oxygen atoms in total. The number of aryl methyl sites for hydroxylation is 2. The Labute approximate surface area is 109 Å². The van der Waals surface area contributed by atoms with Crippen LogP contribution in [0.25, 0.3) is 0 Å². The van der Waals surface area contributed by atoms with Gasteiger partial charge >= 0.3 is 0 Å². The van der Waals surface area contributed by atoms with Crippen LogP contribution in [0.4, 0.5) is 4.39 Å². The van der Waals surface area contributed by atoms with Crippen molar-refractivity contribution in [2.75, 3.05) is 0 Å². The first-order chi connectivity index (χ1) is 8.56. The highest BCUT2D eigenvalue weighted by Crippen LogP contribution is 2.11. The Morgan fingerprint density at radius 3 is 2.83 bits per heavy atom. The number of carbonyl (C=O) groups excluding carboxylic acids is 1. The van der Waals surface area contributed by atoms with E-state index in [1.807, 2.05) is 12.3 Å². The molecule has 0 radical (unpaired) electrons. The third-order valence-electron chi connectivity index (χ3n) is 2.44. The van der Waals surface area contributed by atoms with Crippen LogP contribution in [0.5, 0.6) is 0 Å². The molecule has 0 fully saturated rings. The van der Waals surface area contributed by atoms with Gasteiger partial charge < -0.3 is 5.32 Å². The number of amides is 1. The zero-order valence-corrected chi connectivity index (χ0v) is 11.0. The van der Waals surface area contributed by atoms with Crippen LogP contribution in [0.2, 0.25) is 0 Å². The maximum atomic E-state index is 13.6. The van der Waals surface area contributed by atoms with Gasteiger partial charge in [0.05, 0.1) is 12.1 Å². The minimum Gasteiger partial charge on any atom is -0.345 e. The number of aromatic nitrogens is 1. The first-order valence-corrected chi connectivity index (χ1v) is 6.39. The van der Waals surface area contributed by atoms with Crippen molar-refractivity contribution in [3.8, 4) is 0 Å². The summed E-state index contributed by atoms with van der Waals surface area (Å²) in [6, 6.07) is 4.56. The summed E-state index contributed by atoms with van der Waals surface area (Å²) in [6.07, 6.45) is 0. The molecule has 0 aliphatic heterocycles. The van der Waals surface area contributed by atoms with Gasteiger partial charge in [0.2, 0.25) is 0 Å². The fourth-order valence-corrected chi connectivity index (χ4v) is 2.25. The van der Waals surface area contributed by atoms with Gasteiger partial charge in [-0.15, -0.1) is 11.3 Å². The van der Waals surface area contributed by atoms with E-state index in [0.29, 0.717) is 6.54 Å². The number of thiazole rings is 1. The minimum absolute atomic E-state index is 0.0638. The third-order valence-corrected chi connectivity index (χ3v) is 3.40. The number of carbonyl (C=O) groups is 1. The van der Waals surface area contributed by atoms with Crippen molar-refractivity contribution in [2.45, 2.75) is 20.4 Å².